The smallest absolute Gasteiger partial charge is 0.159 e. The van der Waals surface area contributed by atoms with E-state index in [0.29, 0.717) is 0 Å². The van der Waals surface area contributed by atoms with E-state index >= 15 is 0 Å². The highest BCUT2D eigenvalue weighted by atomic mass is 19.2. The second-order valence-corrected chi connectivity index (χ2v) is 7.02. The molecule has 0 amide bonds. The first-order valence-electron chi connectivity index (χ1n) is 9.01. The van der Waals surface area contributed by atoms with E-state index in [-0.39, 0.29) is 6.04 Å². The third-order valence-corrected chi connectivity index (χ3v) is 5.08. The first kappa shape index (κ1) is 17.0. The lowest BCUT2D eigenvalue weighted by molar-refractivity contribution is 0.220. The summed E-state index contributed by atoms with van der Waals surface area (Å²) in [6.07, 6.45) is 3.09. The molecule has 1 atom stereocenters. The highest BCUT2D eigenvalue weighted by Gasteiger charge is 2.28. The Hall–Kier alpha value is -2.46. The van der Waals surface area contributed by atoms with Crippen LogP contribution in [0.5, 0.6) is 0 Å². The Labute approximate surface area is 152 Å². The van der Waals surface area contributed by atoms with Gasteiger partial charge in [-0.25, -0.2) is 8.78 Å². The Morgan fingerprint density at radius 2 is 1.85 bits per heavy atom. The summed E-state index contributed by atoms with van der Waals surface area (Å²) < 4.78 is 29.6. The van der Waals surface area contributed by atoms with Gasteiger partial charge >= 0.3 is 0 Å². The molecule has 0 spiro atoms. The number of hydrogen-bond acceptors (Lipinski definition) is 1. The van der Waals surface area contributed by atoms with Crippen molar-refractivity contribution in [2.75, 3.05) is 6.54 Å². The normalized spacial score (nSPS) is 17.7. The van der Waals surface area contributed by atoms with E-state index in [4.69, 9.17) is 0 Å². The van der Waals surface area contributed by atoms with Crippen molar-refractivity contribution in [3.05, 3.63) is 94.8 Å². The fourth-order valence-corrected chi connectivity index (χ4v) is 3.92. The summed E-state index contributed by atoms with van der Waals surface area (Å²) >= 11 is 0. The molecule has 2 aromatic carbocycles. The Morgan fingerprint density at radius 3 is 2.65 bits per heavy atom. The molecule has 4 heteroatoms. The van der Waals surface area contributed by atoms with Gasteiger partial charge in [0.25, 0.3) is 0 Å². The number of benzene rings is 2. The maximum Gasteiger partial charge on any atom is 0.159 e. The zero-order valence-corrected chi connectivity index (χ0v) is 14.8. The quantitative estimate of drug-likeness (QED) is 0.639. The van der Waals surface area contributed by atoms with Crippen LogP contribution in [-0.2, 0) is 13.1 Å². The van der Waals surface area contributed by atoms with Gasteiger partial charge in [0.1, 0.15) is 0 Å². The van der Waals surface area contributed by atoms with Gasteiger partial charge in [-0.1, -0.05) is 35.9 Å². The fourth-order valence-electron chi connectivity index (χ4n) is 3.92. The third-order valence-electron chi connectivity index (χ3n) is 5.08. The van der Waals surface area contributed by atoms with Crippen LogP contribution >= 0.6 is 0 Å². The standard InChI is InChI=1S/C22H22F2N2/c1-16-5-2-6-17(13-16)15-26-12-4-11-25-10-3-7-21(25)22(26)18-8-9-19(23)20(24)14-18/h2-3,5-10,13-14,22H,4,11-12,15H2,1H3. The maximum absolute atomic E-state index is 13.9. The molecule has 2 heterocycles. The van der Waals surface area contributed by atoms with Crippen molar-refractivity contribution in [1.82, 2.24) is 9.47 Å². The number of rotatable bonds is 3. The number of halogens is 2. The summed E-state index contributed by atoms with van der Waals surface area (Å²) in [6.45, 7) is 4.70. The van der Waals surface area contributed by atoms with Gasteiger partial charge in [-0.05, 0) is 48.7 Å². The first-order chi connectivity index (χ1) is 12.6. The van der Waals surface area contributed by atoms with Gasteiger partial charge in [0.15, 0.2) is 11.6 Å². The molecule has 0 radical (unpaired) electrons. The lowest BCUT2D eigenvalue weighted by Gasteiger charge is -2.31. The molecule has 26 heavy (non-hydrogen) atoms. The van der Waals surface area contributed by atoms with Crippen LogP contribution < -0.4 is 0 Å². The zero-order chi connectivity index (χ0) is 18.1. The first-order valence-corrected chi connectivity index (χ1v) is 9.01. The second kappa shape index (κ2) is 7.04. The highest BCUT2D eigenvalue weighted by molar-refractivity contribution is 5.31. The summed E-state index contributed by atoms with van der Waals surface area (Å²) in [5, 5.41) is 0. The van der Waals surface area contributed by atoms with Crippen LogP contribution in [0.4, 0.5) is 8.78 Å². The lowest BCUT2D eigenvalue weighted by atomic mass is 10.0. The third kappa shape index (κ3) is 3.29. The van der Waals surface area contributed by atoms with Crippen molar-refractivity contribution in [1.29, 1.82) is 0 Å². The van der Waals surface area contributed by atoms with Gasteiger partial charge in [0, 0.05) is 31.5 Å². The predicted octanol–water partition coefficient (Wildman–Crippen LogP) is 5.07. The van der Waals surface area contributed by atoms with Gasteiger partial charge in [0.05, 0.1) is 6.04 Å². The van der Waals surface area contributed by atoms with E-state index in [9.17, 15) is 8.78 Å². The van der Waals surface area contributed by atoms with Crippen molar-refractivity contribution >= 4 is 0 Å². The van der Waals surface area contributed by atoms with Gasteiger partial charge in [-0.15, -0.1) is 0 Å². The molecule has 0 N–H and O–H groups in total. The molecule has 134 valence electrons. The number of hydrogen-bond donors (Lipinski definition) is 0. The molecule has 1 aromatic heterocycles. The average molecular weight is 352 g/mol. The summed E-state index contributed by atoms with van der Waals surface area (Å²) in [6, 6.07) is 16.8. The SMILES string of the molecule is Cc1cccc(CN2CCCn3cccc3C2c2ccc(F)c(F)c2)c1. The molecular weight excluding hydrogens is 330 g/mol. The van der Waals surface area contributed by atoms with Gasteiger partial charge in [0.2, 0.25) is 0 Å². The number of aryl methyl sites for hydroxylation is 2. The highest BCUT2D eigenvalue weighted by Crippen LogP contribution is 2.33. The van der Waals surface area contributed by atoms with Crippen LogP contribution in [0.2, 0.25) is 0 Å². The molecule has 4 rings (SSSR count). The van der Waals surface area contributed by atoms with Crippen LogP contribution in [0, 0.1) is 18.6 Å². The van der Waals surface area contributed by atoms with E-state index in [1.54, 1.807) is 6.07 Å². The van der Waals surface area contributed by atoms with Gasteiger partial charge in [-0.3, -0.25) is 4.90 Å². The molecule has 1 unspecified atom stereocenters. The number of fused-ring (bicyclic) bond motifs is 1. The predicted molar refractivity (Wildman–Crippen MR) is 98.8 cm³/mol. The van der Waals surface area contributed by atoms with Gasteiger partial charge < -0.3 is 4.57 Å². The molecule has 2 nitrogen and oxygen atoms in total. The van der Waals surface area contributed by atoms with E-state index in [1.807, 2.05) is 6.07 Å². The molecule has 1 aliphatic heterocycles. The minimum Gasteiger partial charge on any atom is -0.350 e. The summed E-state index contributed by atoms with van der Waals surface area (Å²) in [4.78, 5) is 2.36. The Bertz CT molecular complexity index is 916. The van der Waals surface area contributed by atoms with Crippen LogP contribution in [0.1, 0.15) is 34.8 Å². The minimum absolute atomic E-state index is 0.0943. The minimum atomic E-state index is -0.803. The Kier molecular flexibility index (Phi) is 4.60. The molecule has 0 bridgehead atoms. The van der Waals surface area contributed by atoms with E-state index < -0.39 is 11.6 Å². The Balaban J connectivity index is 1.76. The second-order valence-electron chi connectivity index (χ2n) is 7.02. The number of nitrogens with zero attached hydrogens (tertiary/aromatic N) is 2. The van der Waals surface area contributed by atoms with E-state index in [2.05, 4.69) is 52.9 Å². The molecule has 0 fully saturated rings. The van der Waals surface area contributed by atoms with E-state index in [0.717, 1.165) is 37.3 Å². The van der Waals surface area contributed by atoms with Crippen LogP contribution in [0.15, 0.2) is 60.8 Å². The van der Waals surface area contributed by atoms with Crippen LogP contribution in [-0.4, -0.2) is 16.0 Å². The average Bonchev–Trinajstić information content (AvgIpc) is 3.00. The van der Waals surface area contributed by atoms with Crippen molar-refractivity contribution < 1.29 is 8.78 Å². The molecule has 1 aliphatic rings. The van der Waals surface area contributed by atoms with Gasteiger partial charge in [-0.2, -0.15) is 0 Å². The van der Waals surface area contributed by atoms with Crippen LogP contribution in [0.3, 0.4) is 0 Å². The summed E-state index contributed by atoms with van der Waals surface area (Å²) in [7, 11) is 0. The van der Waals surface area contributed by atoms with Crippen molar-refractivity contribution in [3.63, 3.8) is 0 Å². The van der Waals surface area contributed by atoms with Crippen molar-refractivity contribution in [2.24, 2.45) is 0 Å². The van der Waals surface area contributed by atoms with Crippen LogP contribution in [0.25, 0.3) is 0 Å². The molecule has 0 saturated heterocycles. The largest absolute Gasteiger partial charge is 0.350 e. The lowest BCUT2D eigenvalue weighted by Crippen LogP contribution is -2.29. The van der Waals surface area contributed by atoms with E-state index in [1.165, 1.54) is 23.3 Å². The molecule has 3 aromatic rings. The monoisotopic (exact) mass is 352 g/mol. The van der Waals surface area contributed by atoms with Crippen molar-refractivity contribution in [2.45, 2.75) is 32.5 Å². The maximum atomic E-state index is 13.9. The molecular formula is C22H22F2N2. The summed E-state index contributed by atoms with van der Waals surface area (Å²) in [5.41, 5.74) is 4.38. The Morgan fingerprint density at radius 1 is 0.962 bits per heavy atom. The molecule has 0 saturated carbocycles. The number of aromatic nitrogens is 1. The molecule has 0 aliphatic carbocycles. The fraction of sp³-hybridized carbons (Fsp3) is 0.273. The van der Waals surface area contributed by atoms with Crippen molar-refractivity contribution in [3.8, 4) is 0 Å². The summed E-state index contributed by atoms with van der Waals surface area (Å²) in [5.74, 6) is -1.59. The topological polar surface area (TPSA) is 8.17 Å². The zero-order valence-electron chi connectivity index (χ0n) is 14.8.